The van der Waals surface area contributed by atoms with Gasteiger partial charge in [0.15, 0.2) is 0 Å². The third kappa shape index (κ3) is 5.76. The molecule has 2 rings (SSSR count). The number of carbonyl (C=O) groups excluding carboxylic acids is 2. The molecule has 0 bridgehead atoms. The second-order valence-electron chi connectivity index (χ2n) is 5.76. The molecule has 1 unspecified atom stereocenters. The first kappa shape index (κ1) is 19.3. The summed E-state index contributed by atoms with van der Waals surface area (Å²) in [6, 6.07) is 10.9. The third-order valence-corrected chi connectivity index (χ3v) is 4.94. The maximum atomic E-state index is 12.3. The van der Waals surface area contributed by atoms with Crippen molar-refractivity contribution in [2.45, 2.75) is 32.9 Å². The van der Waals surface area contributed by atoms with Gasteiger partial charge in [-0.15, -0.1) is 11.3 Å². The monoisotopic (exact) mass is 379 g/mol. The Kier molecular flexibility index (Phi) is 6.84. The van der Waals surface area contributed by atoms with E-state index in [1.165, 1.54) is 11.3 Å². The van der Waals surface area contributed by atoms with Crippen LogP contribution >= 0.6 is 22.9 Å². The molecule has 2 N–H and O–H groups in total. The molecule has 1 heterocycles. The average molecular weight is 380 g/mol. The Morgan fingerprint density at radius 2 is 1.88 bits per heavy atom. The van der Waals surface area contributed by atoms with Gasteiger partial charge in [-0.3, -0.25) is 4.79 Å². The summed E-state index contributed by atoms with van der Waals surface area (Å²) in [5.74, 6) is -0.0237. The van der Waals surface area contributed by atoms with Crippen molar-refractivity contribution in [3.05, 3.63) is 51.2 Å². The zero-order valence-corrected chi connectivity index (χ0v) is 16.1. The van der Waals surface area contributed by atoms with E-state index in [9.17, 15) is 9.59 Å². The van der Waals surface area contributed by atoms with E-state index < -0.39 is 0 Å². The fourth-order valence-corrected chi connectivity index (χ4v) is 3.37. The van der Waals surface area contributed by atoms with Crippen LogP contribution < -0.4 is 10.6 Å². The molecule has 0 aliphatic heterocycles. The maximum Gasteiger partial charge on any atom is 0.317 e. The third-order valence-electron chi connectivity index (χ3n) is 3.72. The highest BCUT2D eigenvalue weighted by atomic mass is 35.5. The molecule has 1 aromatic heterocycles. The Hall–Kier alpha value is -2.05. The Morgan fingerprint density at radius 3 is 2.44 bits per heavy atom. The number of benzene rings is 1. The highest BCUT2D eigenvalue weighted by Crippen LogP contribution is 2.22. The second-order valence-corrected chi connectivity index (χ2v) is 7.56. The first-order valence-corrected chi connectivity index (χ1v) is 9.24. The lowest BCUT2D eigenvalue weighted by Crippen LogP contribution is -2.38. The molecular formula is C18H22ClN3O2S. The molecular weight excluding hydrogens is 358 g/mol. The van der Waals surface area contributed by atoms with Crippen LogP contribution in [0, 0.1) is 0 Å². The molecule has 7 heteroatoms. The van der Waals surface area contributed by atoms with Gasteiger partial charge in [-0.05, 0) is 36.8 Å². The first-order chi connectivity index (χ1) is 11.9. The van der Waals surface area contributed by atoms with Crippen LogP contribution in [0.1, 0.15) is 36.8 Å². The molecule has 25 heavy (non-hydrogen) atoms. The van der Waals surface area contributed by atoms with Gasteiger partial charge in [0.1, 0.15) is 0 Å². The van der Waals surface area contributed by atoms with Crippen LogP contribution in [0.2, 0.25) is 4.34 Å². The zero-order valence-electron chi connectivity index (χ0n) is 14.5. The average Bonchev–Trinajstić information content (AvgIpc) is 3.00. The SMILES string of the molecule is CCC(=O)Nc1ccc(C(C)NC(=O)N(C)Cc2ccc(Cl)s2)cc1. The van der Waals surface area contributed by atoms with E-state index in [2.05, 4.69) is 10.6 Å². The standard InChI is InChI=1S/C18H22ClN3O2S/c1-4-17(23)21-14-7-5-13(6-8-14)12(2)20-18(24)22(3)11-15-9-10-16(19)25-15/h5-10,12H,4,11H2,1-3H3,(H,20,24)(H,21,23). The largest absolute Gasteiger partial charge is 0.331 e. The predicted octanol–water partition coefficient (Wildman–Crippen LogP) is 4.65. The number of urea groups is 1. The van der Waals surface area contributed by atoms with Crippen molar-refractivity contribution in [3.63, 3.8) is 0 Å². The molecule has 0 fully saturated rings. The normalized spacial score (nSPS) is 11.7. The smallest absolute Gasteiger partial charge is 0.317 e. The van der Waals surface area contributed by atoms with E-state index in [1.54, 1.807) is 11.9 Å². The van der Waals surface area contributed by atoms with Crippen molar-refractivity contribution in [2.24, 2.45) is 0 Å². The molecule has 1 atom stereocenters. The van der Waals surface area contributed by atoms with Gasteiger partial charge < -0.3 is 15.5 Å². The summed E-state index contributed by atoms with van der Waals surface area (Å²) >= 11 is 7.38. The van der Waals surface area contributed by atoms with Crippen molar-refractivity contribution < 1.29 is 9.59 Å². The molecule has 0 aliphatic rings. The van der Waals surface area contributed by atoms with Crippen LogP contribution in [-0.4, -0.2) is 23.9 Å². The van der Waals surface area contributed by atoms with Gasteiger partial charge >= 0.3 is 6.03 Å². The maximum absolute atomic E-state index is 12.3. The van der Waals surface area contributed by atoms with Crippen molar-refractivity contribution >= 4 is 40.6 Å². The van der Waals surface area contributed by atoms with Crippen LogP contribution in [0.15, 0.2) is 36.4 Å². The number of hydrogen-bond donors (Lipinski definition) is 2. The summed E-state index contributed by atoms with van der Waals surface area (Å²) in [6.07, 6.45) is 0.440. The first-order valence-electron chi connectivity index (χ1n) is 8.04. The summed E-state index contributed by atoms with van der Waals surface area (Å²) < 4.78 is 0.715. The predicted molar refractivity (Wildman–Crippen MR) is 103 cm³/mol. The van der Waals surface area contributed by atoms with Crippen LogP contribution in [0.4, 0.5) is 10.5 Å². The van der Waals surface area contributed by atoms with Gasteiger partial charge in [-0.1, -0.05) is 30.7 Å². The second kappa shape index (κ2) is 8.87. The van der Waals surface area contributed by atoms with E-state index >= 15 is 0 Å². The zero-order chi connectivity index (χ0) is 18.4. The van der Waals surface area contributed by atoms with Crippen molar-refractivity contribution in [2.75, 3.05) is 12.4 Å². The van der Waals surface area contributed by atoms with Crippen LogP contribution in [-0.2, 0) is 11.3 Å². The molecule has 0 aliphatic carbocycles. The molecule has 5 nitrogen and oxygen atoms in total. The van der Waals surface area contributed by atoms with Gasteiger partial charge in [-0.25, -0.2) is 4.79 Å². The lowest BCUT2D eigenvalue weighted by atomic mass is 10.1. The number of nitrogens with one attached hydrogen (secondary N) is 2. The minimum absolute atomic E-state index is 0.0237. The molecule has 0 saturated heterocycles. The molecule has 2 aromatic rings. The van der Waals surface area contributed by atoms with E-state index in [0.717, 1.165) is 16.1 Å². The van der Waals surface area contributed by atoms with E-state index in [1.807, 2.05) is 50.2 Å². The number of carbonyl (C=O) groups is 2. The molecule has 1 aromatic carbocycles. The van der Waals surface area contributed by atoms with E-state index in [4.69, 9.17) is 11.6 Å². The topological polar surface area (TPSA) is 61.4 Å². The number of hydrogen-bond acceptors (Lipinski definition) is 3. The Morgan fingerprint density at radius 1 is 1.20 bits per heavy atom. The van der Waals surface area contributed by atoms with Gasteiger partial charge in [0.2, 0.25) is 5.91 Å². The number of amides is 3. The Balaban J connectivity index is 1.90. The Bertz CT molecular complexity index is 730. The summed E-state index contributed by atoms with van der Waals surface area (Å²) in [5, 5.41) is 5.77. The quantitative estimate of drug-likeness (QED) is 0.767. The van der Waals surface area contributed by atoms with E-state index in [0.29, 0.717) is 17.3 Å². The summed E-state index contributed by atoms with van der Waals surface area (Å²) in [4.78, 5) is 26.4. The van der Waals surface area contributed by atoms with Crippen LogP contribution in [0.25, 0.3) is 0 Å². The fourth-order valence-electron chi connectivity index (χ4n) is 2.23. The molecule has 0 saturated carbocycles. The number of nitrogens with zero attached hydrogens (tertiary/aromatic N) is 1. The fraction of sp³-hybridized carbons (Fsp3) is 0.333. The summed E-state index contributed by atoms with van der Waals surface area (Å²) in [7, 11) is 1.75. The molecule has 3 amide bonds. The van der Waals surface area contributed by atoms with Gasteiger partial charge in [0.25, 0.3) is 0 Å². The molecule has 0 radical (unpaired) electrons. The molecule has 134 valence electrons. The van der Waals surface area contributed by atoms with Gasteiger partial charge in [-0.2, -0.15) is 0 Å². The van der Waals surface area contributed by atoms with Crippen LogP contribution in [0.5, 0.6) is 0 Å². The lowest BCUT2D eigenvalue weighted by Gasteiger charge is -2.21. The number of anilines is 1. The minimum Gasteiger partial charge on any atom is -0.331 e. The highest BCUT2D eigenvalue weighted by Gasteiger charge is 2.14. The van der Waals surface area contributed by atoms with Crippen molar-refractivity contribution in [3.8, 4) is 0 Å². The molecule has 0 spiro atoms. The lowest BCUT2D eigenvalue weighted by molar-refractivity contribution is -0.115. The number of rotatable bonds is 6. The minimum atomic E-state index is -0.152. The highest BCUT2D eigenvalue weighted by molar-refractivity contribution is 7.16. The summed E-state index contributed by atoms with van der Waals surface area (Å²) in [6.45, 7) is 4.24. The van der Waals surface area contributed by atoms with Crippen molar-refractivity contribution in [1.29, 1.82) is 0 Å². The van der Waals surface area contributed by atoms with Crippen molar-refractivity contribution in [1.82, 2.24) is 10.2 Å². The van der Waals surface area contributed by atoms with Crippen LogP contribution in [0.3, 0.4) is 0 Å². The number of thiophene rings is 1. The summed E-state index contributed by atoms with van der Waals surface area (Å²) in [5.41, 5.74) is 1.72. The van der Waals surface area contributed by atoms with E-state index in [-0.39, 0.29) is 18.0 Å². The van der Waals surface area contributed by atoms with Gasteiger partial charge in [0.05, 0.1) is 16.9 Å². The van der Waals surface area contributed by atoms with Gasteiger partial charge in [0, 0.05) is 24.0 Å². The Labute approximate surface area is 157 Å². The number of halogens is 1.